The van der Waals surface area contributed by atoms with Gasteiger partial charge in [0, 0.05) is 42.3 Å². The minimum atomic E-state index is -0.432. The fourth-order valence-electron chi connectivity index (χ4n) is 10.1. The first-order chi connectivity index (χ1) is 29.0. The molecule has 0 saturated heterocycles. The minimum Gasteiger partial charge on any atom is -0.208 e. The first-order valence-corrected chi connectivity index (χ1v) is 21.1. The second-order valence-electron chi connectivity index (χ2n) is 16.3. The van der Waals surface area contributed by atoms with Gasteiger partial charge in [-0.2, -0.15) is 0 Å². The van der Waals surface area contributed by atoms with Gasteiger partial charge in [0.15, 0.2) is 17.5 Å². The molecule has 2 aliphatic carbocycles. The molecule has 2 aliphatic rings. The average Bonchev–Trinajstić information content (AvgIpc) is 3.82. The van der Waals surface area contributed by atoms with Crippen molar-refractivity contribution in [3.63, 3.8) is 0 Å². The molecule has 12 rings (SSSR count). The van der Waals surface area contributed by atoms with Crippen molar-refractivity contribution in [3.8, 4) is 56.4 Å². The lowest BCUT2D eigenvalue weighted by atomic mass is 9.55. The fourth-order valence-corrected chi connectivity index (χ4v) is 11.2. The summed E-state index contributed by atoms with van der Waals surface area (Å²) in [6.07, 6.45) is 0. The van der Waals surface area contributed by atoms with E-state index in [1.54, 1.807) is 11.3 Å². The number of fused-ring (bicyclic) bond motifs is 12. The zero-order chi connectivity index (χ0) is 39.3. The summed E-state index contributed by atoms with van der Waals surface area (Å²) >= 11 is 1.80. The van der Waals surface area contributed by atoms with Crippen molar-refractivity contribution in [1.82, 2.24) is 15.0 Å². The van der Waals surface area contributed by atoms with E-state index < -0.39 is 5.41 Å². The zero-order valence-corrected chi connectivity index (χ0v) is 33.5. The van der Waals surface area contributed by atoms with Crippen LogP contribution in [0.2, 0.25) is 0 Å². The molecule has 10 aromatic rings. The number of benzene rings is 8. The molecule has 2 heterocycles. The maximum absolute atomic E-state index is 5.13. The Morgan fingerprint density at radius 3 is 1.54 bits per heavy atom. The number of hydrogen-bond acceptors (Lipinski definition) is 4. The number of nitrogens with zero attached hydrogens (tertiary/aromatic N) is 3. The maximum atomic E-state index is 5.13. The summed E-state index contributed by atoms with van der Waals surface area (Å²) in [6.45, 7) is 4.75. The van der Waals surface area contributed by atoms with E-state index in [0.29, 0.717) is 17.5 Å². The molecule has 0 atom stereocenters. The first kappa shape index (κ1) is 34.1. The van der Waals surface area contributed by atoms with E-state index in [0.717, 1.165) is 22.3 Å². The van der Waals surface area contributed by atoms with E-state index >= 15 is 0 Å². The third-order valence-electron chi connectivity index (χ3n) is 12.8. The highest BCUT2D eigenvalue weighted by Crippen LogP contribution is 2.62. The molecule has 2 aromatic heterocycles. The van der Waals surface area contributed by atoms with Crippen LogP contribution in [-0.2, 0) is 10.8 Å². The SMILES string of the molecule is CC1(C)c2ccccc2C2(c3ccccc3-c3ccc(-c4ccc(-c5nc(-c6ccccc6)nc(-c6ccc7c(c6)sc6ccccc67)n5)cc4)cc32)c2ccccc21. The Morgan fingerprint density at radius 2 is 0.831 bits per heavy atom. The van der Waals surface area contributed by atoms with Crippen LogP contribution in [0.4, 0.5) is 0 Å². The first-order valence-electron chi connectivity index (χ1n) is 20.3. The number of aromatic nitrogens is 3. The van der Waals surface area contributed by atoms with E-state index in [9.17, 15) is 0 Å². The van der Waals surface area contributed by atoms with Gasteiger partial charge in [-0.1, -0.05) is 184 Å². The van der Waals surface area contributed by atoms with E-state index in [1.807, 2.05) is 18.2 Å². The third-order valence-corrected chi connectivity index (χ3v) is 14.0. The average molecular weight is 772 g/mol. The quantitative estimate of drug-likeness (QED) is 0.179. The molecule has 0 aliphatic heterocycles. The van der Waals surface area contributed by atoms with E-state index in [2.05, 4.69) is 184 Å². The molecule has 8 aromatic carbocycles. The number of hydrogen-bond donors (Lipinski definition) is 0. The Morgan fingerprint density at radius 1 is 0.339 bits per heavy atom. The van der Waals surface area contributed by atoms with Crippen LogP contribution < -0.4 is 0 Å². The van der Waals surface area contributed by atoms with Crippen LogP contribution >= 0.6 is 11.3 Å². The van der Waals surface area contributed by atoms with Gasteiger partial charge in [0.05, 0.1) is 5.41 Å². The van der Waals surface area contributed by atoms with Crippen LogP contribution in [0.25, 0.3) is 76.6 Å². The molecule has 0 saturated carbocycles. The summed E-state index contributed by atoms with van der Waals surface area (Å²) in [7, 11) is 0. The molecule has 0 N–H and O–H groups in total. The Balaban J connectivity index is 0.987. The Labute approximate surface area is 347 Å². The van der Waals surface area contributed by atoms with Crippen molar-refractivity contribution in [2.24, 2.45) is 0 Å². The van der Waals surface area contributed by atoms with Crippen molar-refractivity contribution in [1.29, 1.82) is 0 Å². The van der Waals surface area contributed by atoms with Gasteiger partial charge >= 0.3 is 0 Å². The summed E-state index contributed by atoms with van der Waals surface area (Å²) in [5.41, 5.74) is 15.4. The lowest BCUT2D eigenvalue weighted by molar-refractivity contribution is 0.563. The summed E-state index contributed by atoms with van der Waals surface area (Å²) in [6, 6.07) is 68.5. The molecular formula is C55H37N3S. The van der Waals surface area contributed by atoms with Crippen molar-refractivity contribution in [3.05, 3.63) is 221 Å². The van der Waals surface area contributed by atoms with E-state index in [1.165, 1.54) is 70.2 Å². The standard InChI is InChI=1S/C55H37N3S/c1-54(2)44-19-9-11-21-46(44)55(47-22-12-10-20-45(47)54)43-18-8-6-16-39(43)40-30-28-37(32-48(40)55)34-24-26-36(27-25-34)52-56-51(35-14-4-3-5-15-35)57-53(58-52)38-29-31-42-41-17-7-13-23-49(41)59-50(42)33-38/h3-33H,1-2H3. The number of thiophene rings is 1. The molecule has 1 spiro atoms. The molecule has 4 heteroatoms. The predicted molar refractivity (Wildman–Crippen MR) is 244 cm³/mol. The minimum absolute atomic E-state index is 0.135. The molecule has 3 nitrogen and oxygen atoms in total. The lowest BCUT2D eigenvalue weighted by Gasteiger charge is -2.46. The van der Waals surface area contributed by atoms with Gasteiger partial charge in [-0.3, -0.25) is 0 Å². The van der Waals surface area contributed by atoms with E-state index in [4.69, 9.17) is 15.0 Å². The molecule has 0 radical (unpaired) electrons. The van der Waals surface area contributed by atoms with Crippen LogP contribution in [-0.4, -0.2) is 15.0 Å². The Hall–Kier alpha value is -7.01. The highest BCUT2D eigenvalue weighted by Gasteiger charge is 2.53. The molecule has 0 bridgehead atoms. The summed E-state index contributed by atoms with van der Waals surface area (Å²) < 4.78 is 2.50. The normalized spacial score (nSPS) is 14.2. The molecular weight excluding hydrogens is 735 g/mol. The summed E-state index contributed by atoms with van der Waals surface area (Å²) in [4.78, 5) is 15.2. The van der Waals surface area contributed by atoms with Gasteiger partial charge in [-0.05, 0) is 73.8 Å². The van der Waals surface area contributed by atoms with Crippen LogP contribution in [0, 0.1) is 0 Å². The smallest absolute Gasteiger partial charge is 0.164 e. The van der Waals surface area contributed by atoms with Crippen LogP contribution in [0.1, 0.15) is 47.2 Å². The molecule has 0 fully saturated rings. The molecule has 0 unspecified atom stereocenters. The van der Waals surface area contributed by atoms with E-state index in [-0.39, 0.29) is 5.41 Å². The largest absolute Gasteiger partial charge is 0.208 e. The second-order valence-corrected chi connectivity index (χ2v) is 17.4. The maximum Gasteiger partial charge on any atom is 0.164 e. The Bertz CT molecular complexity index is 3260. The van der Waals surface area contributed by atoms with Gasteiger partial charge in [0.2, 0.25) is 0 Å². The third kappa shape index (κ3) is 4.97. The summed E-state index contributed by atoms with van der Waals surface area (Å²) in [5, 5.41) is 2.53. The summed E-state index contributed by atoms with van der Waals surface area (Å²) in [5.74, 6) is 1.97. The van der Waals surface area contributed by atoms with Gasteiger partial charge in [-0.25, -0.2) is 15.0 Å². The number of rotatable bonds is 4. The second kappa shape index (κ2) is 12.7. The van der Waals surface area contributed by atoms with Gasteiger partial charge in [-0.15, -0.1) is 11.3 Å². The topological polar surface area (TPSA) is 38.7 Å². The Kier molecular flexibility index (Phi) is 7.36. The van der Waals surface area contributed by atoms with Crippen molar-refractivity contribution in [2.75, 3.05) is 0 Å². The van der Waals surface area contributed by atoms with Crippen molar-refractivity contribution in [2.45, 2.75) is 24.7 Å². The highest BCUT2D eigenvalue weighted by atomic mass is 32.1. The highest BCUT2D eigenvalue weighted by molar-refractivity contribution is 7.25. The monoisotopic (exact) mass is 771 g/mol. The zero-order valence-electron chi connectivity index (χ0n) is 32.6. The molecule has 0 amide bonds. The van der Waals surface area contributed by atoms with Crippen molar-refractivity contribution < 1.29 is 0 Å². The van der Waals surface area contributed by atoms with Crippen molar-refractivity contribution >= 4 is 31.5 Å². The molecule has 59 heavy (non-hydrogen) atoms. The fraction of sp³-hybridized carbons (Fsp3) is 0.0727. The van der Waals surface area contributed by atoms with Gasteiger partial charge < -0.3 is 0 Å². The lowest BCUT2D eigenvalue weighted by Crippen LogP contribution is -2.40. The van der Waals surface area contributed by atoms with Crippen LogP contribution in [0.3, 0.4) is 0 Å². The van der Waals surface area contributed by atoms with Gasteiger partial charge in [0.1, 0.15) is 0 Å². The van der Waals surface area contributed by atoms with Crippen LogP contribution in [0.15, 0.2) is 188 Å². The predicted octanol–water partition coefficient (Wildman–Crippen LogP) is 13.9. The van der Waals surface area contributed by atoms with Gasteiger partial charge in [0.25, 0.3) is 0 Å². The van der Waals surface area contributed by atoms with Crippen LogP contribution in [0.5, 0.6) is 0 Å². The molecule has 278 valence electrons.